The van der Waals surface area contributed by atoms with E-state index in [0.717, 1.165) is 25.3 Å². The molecule has 2 N–H and O–H groups in total. The quantitative estimate of drug-likeness (QED) is 0.710. The van der Waals surface area contributed by atoms with Crippen LogP contribution in [-0.2, 0) is 0 Å². The molecule has 0 saturated carbocycles. The summed E-state index contributed by atoms with van der Waals surface area (Å²) in [5.74, 6) is 0.570. The lowest BCUT2D eigenvalue weighted by atomic mass is 10.0. The smallest absolute Gasteiger partial charge is 0.157 e. The van der Waals surface area contributed by atoms with E-state index in [1.165, 1.54) is 25.3 Å². The lowest BCUT2D eigenvalue weighted by molar-refractivity contribution is 0.388. The molecule has 0 aliphatic carbocycles. The number of piperidine rings is 1. The standard InChI is InChI=1S/C19H22FN5.ClH/c20-16-7-2-1-6-15(16)17-13-19(25-18(24-17)9-12-23-25)22-11-8-14-5-3-4-10-21-14;/h1-2,6-7,9,12-14,21-22H,3-5,8,10-11H2;1H. The van der Waals surface area contributed by atoms with Crippen molar-refractivity contribution in [2.45, 2.75) is 31.7 Å². The molecule has 26 heavy (non-hydrogen) atoms. The second-order valence-electron chi connectivity index (χ2n) is 6.47. The summed E-state index contributed by atoms with van der Waals surface area (Å²) in [5.41, 5.74) is 1.83. The predicted molar refractivity (Wildman–Crippen MR) is 104 cm³/mol. The molecule has 2 aromatic heterocycles. The zero-order valence-corrected chi connectivity index (χ0v) is 15.3. The lowest BCUT2D eigenvalue weighted by Crippen LogP contribution is -2.35. The van der Waals surface area contributed by atoms with E-state index in [1.807, 2.05) is 18.2 Å². The maximum Gasteiger partial charge on any atom is 0.157 e. The van der Waals surface area contributed by atoms with Gasteiger partial charge in [0.15, 0.2) is 5.65 Å². The molecular weight excluding hydrogens is 353 g/mol. The maximum absolute atomic E-state index is 14.1. The van der Waals surface area contributed by atoms with Crippen molar-refractivity contribution in [1.82, 2.24) is 19.9 Å². The normalized spacial score (nSPS) is 17.0. The highest BCUT2D eigenvalue weighted by Crippen LogP contribution is 2.24. The number of fused-ring (bicyclic) bond motifs is 1. The molecule has 0 amide bonds. The zero-order valence-electron chi connectivity index (χ0n) is 14.5. The third-order valence-corrected chi connectivity index (χ3v) is 4.72. The van der Waals surface area contributed by atoms with Crippen LogP contribution in [0, 0.1) is 5.82 Å². The van der Waals surface area contributed by atoms with Crippen molar-refractivity contribution in [2.75, 3.05) is 18.4 Å². The van der Waals surface area contributed by atoms with Gasteiger partial charge in [0.1, 0.15) is 11.6 Å². The Hall–Kier alpha value is -2.18. The summed E-state index contributed by atoms with van der Waals surface area (Å²) in [5, 5.41) is 11.3. The van der Waals surface area contributed by atoms with Gasteiger partial charge in [-0.25, -0.2) is 9.37 Å². The largest absolute Gasteiger partial charge is 0.370 e. The molecule has 1 atom stereocenters. The Morgan fingerprint density at radius 3 is 2.92 bits per heavy atom. The minimum absolute atomic E-state index is 0. The van der Waals surface area contributed by atoms with E-state index < -0.39 is 0 Å². The summed E-state index contributed by atoms with van der Waals surface area (Å²) in [6.07, 6.45) is 6.57. The van der Waals surface area contributed by atoms with E-state index in [1.54, 1.807) is 22.8 Å². The molecule has 1 unspecified atom stereocenters. The summed E-state index contributed by atoms with van der Waals surface area (Å²) in [6.45, 7) is 1.95. The summed E-state index contributed by atoms with van der Waals surface area (Å²) in [7, 11) is 0. The Labute approximate surface area is 158 Å². The Morgan fingerprint density at radius 2 is 2.12 bits per heavy atom. The first-order chi connectivity index (χ1) is 12.3. The van der Waals surface area contributed by atoms with Crippen LogP contribution >= 0.6 is 12.4 Å². The van der Waals surface area contributed by atoms with Crippen LogP contribution in [0.15, 0.2) is 42.6 Å². The van der Waals surface area contributed by atoms with Crippen LogP contribution in [0.3, 0.4) is 0 Å². The van der Waals surface area contributed by atoms with Crippen LogP contribution in [-0.4, -0.2) is 33.7 Å². The van der Waals surface area contributed by atoms with E-state index in [9.17, 15) is 4.39 Å². The van der Waals surface area contributed by atoms with Crippen LogP contribution in [0.5, 0.6) is 0 Å². The number of rotatable bonds is 5. The average molecular weight is 376 g/mol. The number of nitrogens with zero attached hydrogens (tertiary/aromatic N) is 3. The lowest BCUT2D eigenvalue weighted by Gasteiger charge is -2.23. The first-order valence-electron chi connectivity index (χ1n) is 8.88. The second kappa shape index (κ2) is 8.47. The number of anilines is 1. The number of hydrogen-bond donors (Lipinski definition) is 2. The van der Waals surface area contributed by atoms with Crippen LogP contribution in [0.2, 0.25) is 0 Å². The molecule has 7 heteroatoms. The van der Waals surface area contributed by atoms with Crippen LogP contribution in [0.4, 0.5) is 10.2 Å². The molecule has 1 aromatic carbocycles. The van der Waals surface area contributed by atoms with E-state index in [4.69, 9.17) is 0 Å². The number of benzene rings is 1. The third-order valence-electron chi connectivity index (χ3n) is 4.72. The van der Waals surface area contributed by atoms with Gasteiger partial charge in [-0.2, -0.15) is 9.61 Å². The van der Waals surface area contributed by atoms with Crippen LogP contribution in [0.1, 0.15) is 25.7 Å². The van der Waals surface area contributed by atoms with Gasteiger partial charge in [0.05, 0.1) is 11.9 Å². The van der Waals surface area contributed by atoms with Crippen molar-refractivity contribution in [3.63, 3.8) is 0 Å². The fraction of sp³-hybridized carbons (Fsp3) is 0.368. The molecule has 0 radical (unpaired) electrons. The monoisotopic (exact) mass is 375 g/mol. The fourth-order valence-corrected chi connectivity index (χ4v) is 3.39. The van der Waals surface area contributed by atoms with Crippen molar-refractivity contribution in [2.24, 2.45) is 0 Å². The first-order valence-corrected chi connectivity index (χ1v) is 8.88. The predicted octanol–water partition coefficient (Wildman–Crippen LogP) is 3.90. The molecule has 5 nitrogen and oxygen atoms in total. The van der Waals surface area contributed by atoms with Crippen molar-refractivity contribution < 1.29 is 4.39 Å². The number of nitrogens with one attached hydrogen (secondary N) is 2. The molecule has 3 aromatic rings. The van der Waals surface area contributed by atoms with Crippen molar-refractivity contribution >= 4 is 23.9 Å². The summed E-state index contributed by atoms with van der Waals surface area (Å²) in [4.78, 5) is 4.53. The van der Waals surface area contributed by atoms with Gasteiger partial charge in [-0.15, -0.1) is 12.4 Å². The van der Waals surface area contributed by atoms with E-state index >= 15 is 0 Å². The molecule has 4 rings (SSSR count). The SMILES string of the molecule is Cl.Fc1ccccc1-c1cc(NCCC2CCCCN2)n2nccc2n1. The van der Waals surface area contributed by atoms with Gasteiger partial charge in [0.2, 0.25) is 0 Å². The van der Waals surface area contributed by atoms with Crippen molar-refractivity contribution in [3.05, 3.63) is 48.4 Å². The summed E-state index contributed by atoms with van der Waals surface area (Å²) < 4.78 is 15.9. The Bertz CT molecular complexity index is 860. The molecule has 0 spiro atoms. The van der Waals surface area contributed by atoms with Gasteiger partial charge in [0.25, 0.3) is 0 Å². The Balaban J connectivity index is 0.00000196. The van der Waals surface area contributed by atoms with Crippen LogP contribution < -0.4 is 10.6 Å². The molecule has 1 fully saturated rings. The van der Waals surface area contributed by atoms with Crippen molar-refractivity contribution in [3.8, 4) is 11.3 Å². The minimum Gasteiger partial charge on any atom is -0.370 e. The van der Waals surface area contributed by atoms with Gasteiger partial charge >= 0.3 is 0 Å². The first kappa shape index (κ1) is 18.6. The molecular formula is C19H23ClFN5. The zero-order chi connectivity index (χ0) is 17.1. The molecule has 1 aliphatic heterocycles. The van der Waals surface area contributed by atoms with E-state index in [0.29, 0.717) is 22.9 Å². The van der Waals surface area contributed by atoms with Gasteiger partial charge in [-0.3, -0.25) is 0 Å². The summed E-state index contributed by atoms with van der Waals surface area (Å²) in [6, 6.07) is 11.0. The average Bonchev–Trinajstić information content (AvgIpc) is 3.12. The Morgan fingerprint density at radius 1 is 1.23 bits per heavy atom. The molecule has 138 valence electrons. The van der Waals surface area contributed by atoms with Gasteiger partial charge < -0.3 is 10.6 Å². The fourth-order valence-electron chi connectivity index (χ4n) is 3.39. The van der Waals surface area contributed by atoms with E-state index in [2.05, 4.69) is 20.7 Å². The van der Waals surface area contributed by atoms with Gasteiger partial charge in [-0.1, -0.05) is 18.6 Å². The number of halogens is 2. The molecule has 1 saturated heterocycles. The minimum atomic E-state index is -0.267. The van der Waals surface area contributed by atoms with Gasteiger partial charge in [0, 0.05) is 30.3 Å². The van der Waals surface area contributed by atoms with Gasteiger partial charge in [-0.05, 0) is 37.9 Å². The second-order valence-corrected chi connectivity index (χ2v) is 6.47. The maximum atomic E-state index is 14.1. The van der Waals surface area contributed by atoms with Crippen LogP contribution in [0.25, 0.3) is 16.9 Å². The highest BCUT2D eigenvalue weighted by atomic mass is 35.5. The van der Waals surface area contributed by atoms with Crippen molar-refractivity contribution in [1.29, 1.82) is 0 Å². The highest BCUT2D eigenvalue weighted by molar-refractivity contribution is 5.85. The summed E-state index contributed by atoms with van der Waals surface area (Å²) >= 11 is 0. The number of aromatic nitrogens is 3. The number of hydrogen-bond acceptors (Lipinski definition) is 4. The third kappa shape index (κ3) is 3.97. The highest BCUT2D eigenvalue weighted by Gasteiger charge is 2.14. The topological polar surface area (TPSA) is 54.2 Å². The van der Waals surface area contributed by atoms with E-state index in [-0.39, 0.29) is 18.2 Å². The molecule has 0 bridgehead atoms. The molecule has 3 heterocycles. The molecule has 1 aliphatic rings. The Kier molecular flexibility index (Phi) is 6.06.